The van der Waals surface area contributed by atoms with Gasteiger partial charge in [-0.1, -0.05) is 30.3 Å². The van der Waals surface area contributed by atoms with Crippen LogP contribution in [0.15, 0.2) is 78.4 Å². The van der Waals surface area contributed by atoms with E-state index in [0.29, 0.717) is 43.0 Å². The molecule has 0 saturated carbocycles. The Labute approximate surface area is 434 Å². The highest BCUT2D eigenvalue weighted by molar-refractivity contribution is 7.12. The second-order valence-electron chi connectivity index (χ2n) is 17.0. The van der Waals surface area contributed by atoms with Gasteiger partial charge in [-0.05, 0) is 93.3 Å². The van der Waals surface area contributed by atoms with Crippen molar-refractivity contribution in [3.8, 4) is 11.5 Å². The van der Waals surface area contributed by atoms with E-state index in [1.54, 1.807) is 74.7 Å². The average molecular weight is 1090 g/mol. The number of phenolic OH excluding ortho intramolecular Hbond substituents is 2. The normalized spacial score (nSPS) is 12.1. The number of thiophene rings is 1. The lowest BCUT2D eigenvalue weighted by Gasteiger charge is -2.22. The van der Waals surface area contributed by atoms with E-state index in [0.717, 1.165) is 36.7 Å². The number of anilines is 2. The Bertz CT molecular complexity index is 2780. The Hall–Kier alpha value is -8.30. The summed E-state index contributed by atoms with van der Waals surface area (Å²) in [6.07, 6.45) is -7.41. The molecule has 3 aromatic heterocycles. The highest BCUT2D eigenvalue weighted by Gasteiger charge is 2.40. The number of methoxy groups -OCH3 is 2. The second kappa shape index (κ2) is 27.8. The van der Waals surface area contributed by atoms with Crippen LogP contribution in [0, 0.1) is 0 Å². The Morgan fingerprint density at radius 1 is 0.632 bits per heavy atom. The molecule has 0 aliphatic rings. The monoisotopic (exact) mass is 1090 g/mol. The molecular formula is C48H54F6N10O11S. The number of nitrogens with zero attached hydrogens (tertiary/aromatic N) is 4. The topological polar surface area (TPSA) is 294 Å². The van der Waals surface area contributed by atoms with Crippen LogP contribution in [0.2, 0.25) is 0 Å². The van der Waals surface area contributed by atoms with Gasteiger partial charge in [0, 0.05) is 32.0 Å². The van der Waals surface area contributed by atoms with Crippen molar-refractivity contribution < 1.29 is 79.5 Å². The van der Waals surface area contributed by atoms with Crippen LogP contribution in [0.25, 0.3) is 0 Å². The van der Waals surface area contributed by atoms with Crippen LogP contribution in [0.4, 0.5) is 43.0 Å². The van der Waals surface area contributed by atoms with Crippen molar-refractivity contribution in [1.82, 2.24) is 41.2 Å². The molecule has 5 rings (SSSR count). The molecule has 0 radical (unpaired) electrons. The highest BCUT2D eigenvalue weighted by atomic mass is 32.1. The van der Waals surface area contributed by atoms with Crippen LogP contribution < -0.4 is 31.9 Å². The van der Waals surface area contributed by atoms with Crippen LogP contribution in [0.5, 0.6) is 11.5 Å². The number of esters is 2. The third-order valence-electron chi connectivity index (χ3n) is 9.92. The summed E-state index contributed by atoms with van der Waals surface area (Å²) in [5.41, 5.74) is -3.97. The van der Waals surface area contributed by atoms with Crippen LogP contribution >= 0.6 is 11.3 Å². The number of aromatic nitrogens is 4. The van der Waals surface area contributed by atoms with Gasteiger partial charge in [-0.25, -0.2) is 34.3 Å². The van der Waals surface area contributed by atoms with Crippen LogP contribution in [-0.2, 0) is 49.0 Å². The SMILES string of the molecule is COC(=O)[C@H](CNC(=O)OC(C)(C)C)NC(=O)c1cnc(NCCCc2cccc(O)c2)nc1C(F)(F)F.COC(=O)[C@H](CNC(=O)c1cccs1)NC(=O)c1cnc(NCCCc2cccc(O)c2)nc1C(F)(F)F. The molecule has 8 N–H and O–H groups in total. The first-order chi connectivity index (χ1) is 35.8. The predicted molar refractivity (Wildman–Crippen MR) is 261 cm³/mol. The molecule has 76 heavy (non-hydrogen) atoms. The lowest BCUT2D eigenvalue weighted by molar-refractivity contribution is -0.143. The molecule has 28 heteroatoms. The molecule has 0 unspecified atom stereocenters. The summed E-state index contributed by atoms with van der Waals surface area (Å²) in [6, 6.07) is 13.4. The van der Waals surface area contributed by atoms with Crippen molar-refractivity contribution in [1.29, 1.82) is 0 Å². The largest absolute Gasteiger partial charge is 0.508 e. The molecule has 0 saturated heterocycles. The van der Waals surface area contributed by atoms with Gasteiger partial charge in [-0.3, -0.25) is 14.4 Å². The van der Waals surface area contributed by atoms with Crippen molar-refractivity contribution in [3.05, 3.63) is 117 Å². The Morgan fingerprint density at radius 2 is 1.08 bits per heavy atom. The quantitative estimate of drug-likeness (QED) is 0.0180. The third kappa shape index (κ3) is 19.9. The van der Waals surface area contributed by atoms with Gasteiger partial charge in [-0.2, -0.15) is 26.3 Å². The molecule has 5 aromatic rings. The number of alkyl carbamates (subject to hydrolysis) is 1. The molecule has 0 fully saturated rings. The fraction of sp³-hybridized carbons (Fsp3) is 0.375. The lowest BCUT2D eigenvalue weighted by atomic mass is 10.1. The zero-order chi connectivity index (χ0) is 56.2. The summed E-state index contributed by atoms with van der Waals surface area (Å²) < 4.78 is 96.6. The number of amides is 4. The summed E-state index contributed by atoms with van der Waals surface area (Å²) >= 11 is 1.15. The molecule has 2 atom stereocenters. The molecule has 410 valence electrons. The first-order valence-electron chi connectivity index (χ1n) is 22.8. The van der Waals surface area contributed by atoms with Crippen molar-refractivity contribution >= 4 is 59.0 Å². The maximum atomic E-state index is 13.7. The van der Waals surface area contributed by atoms with Gasteiger partial charge < -0.3 is 56.3 Å². The van der Waals surface area contributed by atoms with Gasteiger partial charge in [-0.15, -0.1) is 11.3 Å². The number of aryl methyl sites for hydroxylation is 2. The van der Waals surface area contributed by atoms with Crippen molar-refractivity contribution in [3.63, 3.8) is 0 Å². The summed E-state index contributed by atoms with van der Waals surface area (Å²) in [4.78, 5) is 88.5. The number of carbonyl (C=O) groups excluding carboxylic acids is 6. The number of benzene rings is 2. The van der Waals surface area contributed by atoms with Gasteiger partial charge in [0.05, 0.1) is 36.8 Å². The summed E-state index contributed by atoms with van der Waals surface area (Å²) in [7, 11) is 2.05. The molecule has 0 aliphatic carbocycles. The van der Waals surface area contributed by atoms with Crippen LogP contribution in [0.1, 0.15) is 86.5 Å². The van der Waals surface area contributed by atoms with E-state index in [2.05, 4.69) is 61.3 Å². The standard InChI is InChI=1S/C24H30F3N5O6.C24H24F3N5O5S/c1-23(2,3)38-22(36)30-13-17(20(35)37-4)31-19(34)16-12-29-21(32-18(16)24(25,26)27)28-10-6-8-14-7-5-9-15(33)11-14;1-37-22(36)17(13-29-21(35)18-8-4-10-38-18)31-20(34)16-12-30-23(32-19(16)24(25,26)27)28-9-3-6-14-5-2-7-15(33)11-14/h5,7,9,11-12,17,33H,6,8,10,13H2,1-4H3,(H,30,36)(H,31,34)(H,28,29,32);2,4-5,7-8,10-12,17,33H,3,6,9,13H2,1H3,(H,29,35)(H,31,34)(H,28,30,32)/t2*17-/m00/s1. The first-order valence-corrected chi connectivity index (χ1v) is 23.6. The van der Waals surface area contributed by atoms with Crippen molar-refractivity contribution in [2.45, 2.75) is 76.5 Å². The number of carbonyl (C=O) groups is 6. The minimum absolute atomic E-state index is 0.109. The Kier molecular flexibility index (Phi) is 22.1. The van der Waals surface area contributed by atoms with Gasteiger partial charge in [0.15, 0.2) is 11.4 Å². The molecule has 21 nitrogen and oxygen atoms in total. The van der Waals surface area contributed by atoms with Crippen LogP contribution in [0.3, 0.4) is 0 Å². The minimum Gasteiger partial charge on any atom is -0.508 e. The highest BCUT2D eigenvalue weighted by Crippen LogP contribution is 2.32. The van der Waals surface area contributed by atoms with E-state index in [1.165, 1.54) is 12.1 Å². The predicted octanol–water partition coefficient (Wildman–Crippen LogP) is 6.05. The maximum absolute atomic E-state index is 13.7. The molecule has 0 spiro atoms. The molecule has 0 bridgehead atoms. The molecular weight excluding hydrogens is 1040 g/mol. The van der Waals surface area contributed by atoms with E-state index >= 15 is 0 Å². The number of phenols is 2. The van der Waals surface area contributed by atoms with Gasteiger partial charge in [0.1, 0.15) is 29.2 Å². The fourth-order valence-corrected chi connectivity index (χ4v) is 7.08. The molecule has 2 aromatic carbocycles. The molecule has 3 heterocycles. The Balaban J connectivity index is 0.000000328. The second-order valence-corrected chi connectivity index (χ2v) is 17.9. The smallest absolute Gasteiger partial charge is 0.434 e. The molecule has 0 aliphatic heterocycles. The number of nitrogens with one attached hydrogen (secondary N) is 6. The van der Waals surface area contributed by atoms with E-state index in [9.17, 15) is 65.3 Å². The lowest BCUT2D eigenvalue weighted by Crippen LogP contribution is -2.50. The number of ether oxygens (including phenoxy) is 3. The van der Waals surface area contributed by atoms with E-state index in [4.69, 9.17) is 4.74 Å². The summed E-state index contributed by atoms with van der Waals surface area (Å²) in [6.45, 7) is 4.35. The zero-order valence-corrected chi connectivity index (χ0v) is 42.2. The number of hydrogen-bond acceptors (Lipinski definition) is 18. The maximum Gasteiger partial charge on any atom is 0.434 e. The van der Waals surface area contributed by atoms with Gasteiger partial charge >= 0.3 is 30.4 Å². The van der Waals surface area contributed by atoms with E-state index in [1.807, 2.05) is 0 Å². The number of halogens is 6. The zero-order valence-electron chi connectivity index (χ0n) is 41.4. The van der Waals surface area contributed by atoms with Gasteiger partial charge in [0.25, 0.3) is 17.7 Å². The number of alkyl halides is 6. The summed E-state index contributed by atoms with van der Waals surface area (Å²) in [5, 5.41) is 35.0. The minimum atomic E-state index is -5.01. The number of aromatic hydroxyl groups is 2. The summed E-state index contributed by atoms with van der Waals surface area (Å²) in [5.74, 6) is -5.53. The molecule has 4 amide bonds. The fourth-order valence-electron chi connectivity index (χ4n) is 6.44. The number of hydrogen-bond donors (Lipinski definition) is 8. The Morgan fingerprint density at radius 3 is 1.46 bits per heavy atom. The van der Waals surface area contributed by atoms with Gasteiger partial charge in [0.2, 0.25) is 11.9 Å². The first kappa shape index (κ1) is 60.3. The van der Waals surface area contributed by atoms with E-state index < -0.39 is 101 Å². The third-order valence-corrected chi connectivity index (χ3v) is 10.8. The van der Waals surface area contributed by atoms with Crippen LogP contribution in [-0.4, -0.2) is 124 Å². The van der Waals surface area contributed by atoms with Crippen molar-refractivity contribution in [2.75, 3.05) is 51.0 Å². The van der Waals surface area contributed by atoms with E-state index in [-0.39, 0.29) is 36.5 Å². The average Bonchev–Trinajstić information content (AvgIpc) is 3.91. The van der Waals surface area contributed by atoms with Crippen molar-refractivity contribution in [2.24, 2.45) is 0 Å². The number of rotatable bonds is 21.